The first kappa shape index (κ1) is 12.4. The maximum Gasteiger partial charge on any atom is 0.349 e. The fourth-order valence-corrected chi connectivity index (χ4v) is 2.12. The van der Waals surface area contributed by atoms with Gasteiger partial charge in [-0.1, -0.05) is 5.16 Å². The van der Waals surface area contributed by atoms with E-state index < -0.39 is 0 Å². The monoisotopic (exact) mass is 274 g/mol. The molecule has 8 heteroatoms. The van der Waals surface area contributed by atoms with E-state index in [1.54, 1.807) is 13.0 Å². The molecule has 0 aliphatic rings. The summed E-state index contributed by atoms with van der Waals surface area (Å²) in [5, 5.41) is 13.4. The van der Waals surface area contributed by atoms with Crippen LogP contribution in [-0.4, -0.2) is 24.7 Å². The van der Waals surface area contributed by atoms with E-state index in [4.69, 9.17) is 4.52 Å². The minimum Gasteiger partial charge on any atom is -0.366 e. The Labute approximate surface area is 113 Å². The van der Waals surface area contributed by atoms with Gasteiger partial charge in [0, 0.05) is 18.2 Å². The Morgan fingerprint density at radius 3 is 2.90 bits per heavy atom. The van der Waals surface area contributed by atoms with Gasteiger partial charge in [-0.25, -0.2) is 19.3 Å². The van der Waals surface area contributed by atoms with E-state index in [9.17, 15) is 4.79 Å². The van der Waals surface area contributed by atoms with Crippen LogP contribution in [-0.2, 0) is 6.54 Å². The van der Waals surface area contributed by atoms with E-state index in [0.29, 0.717) is 23.8 Å². The third-order valence-electron chi connectivity index (χ3n) is 3.20. The zero-order chi connectivity index (χ0) is 14.3. The minimum atomic E-state index is -0.290. The molecule has 0 aliphatic heterocycles. The Bertz CT molecular complexity index is 809. The molecule has 0 amide bonds. The number of anilines is 1. The van der Waals surface area contributed by atoms with Crippen LogP contribution in [0.4, 0.5) is 5.82 Å². The van der Waals surface area contributed by atoms with Crippen LogP contribution in [0.1, 0.15) is 22.8 Å². The van der Waals surface area contributed by atoms with E-state index >= 15 is 0 Å². The third kappa shape index (κ3) is 1.94. The van der Waals surface area contributed by atoms with Crippen LogP contribution < -0.4 is 11.0 Å². The molecule has 0 saturated carbocycles. The average molecular weight is 274 g/mol. The van der Waals surface area contributed by atoms with Gasteiger partial charge < -0.3 is 9.84 Å². The normalized spacial score (nSPS) is 11.2. The van der Waals surface area contributed by atoms with Crippen molar-refractivity contribution in [1.29, 1.82) is 0 Å². The van der Waals surface area contributed by atoms with E-state index in [1.807, 2.05) is 13.8 Å². The molecule has 0 saturated heterocycles. The molecule has 0 bridgehead atoms. The maximum atomic E-state index is 11.5. The molecule has 3 heterocycles. The second-order valence-corrected chi connectivity index (χ2v) is 4.57. The number of aromatic amines is 1. The Morgan fingerprint density at radius 1 is 1.40 bits per heavy atom. The third-order valence-corrected chi connectivity index (χ3v) is 3.20. The number of hydrogen-bond donors (Lipinski definition) is 2. The van der Waals surface area contributed by atoms with Crippen LogP contribution in [0.3, 0.4) is 0 Å². The van der Waals surface area contributed by atoms with Crippen molar-refractivity contribution in [2.24, 2.45) is 0 Å². The molecule has 3 aromatic heterocycles. The fraction of sp³-hybridized carbons (Fsp3) is 0.333. The lowest BCUT2D eigenvalue weighted by molar-refractivity contribution is 0.392. The minimum absolute atomic E-state index is 0.290. The van der Waals surface area contributed by atoms with Gasteiger partial charge in [-0.15, -0.1) is 0 Å². The maximum absolute atomic E-state index is 11.5. The summed E-state index contributed by atoms with van der Waals surface area (Å²) in [6.07, 6.45) is 0. The van der Waals surface area contributed by atoms with Crippen molar-refractivity contribution in [3.8, 4) is 0 Å². The van der Waals surface area contributed by atoms with E-state index in [-0.39, 0.29) is 5.69 Å². The fourth-order valence-electron chi connectivity index (χ4n) is 2.12. The zero-order valence-corrected chi connectivity index (χ0v) is 11.4. The highest BCUT2D eigenvalue weighted by atomic mass is 16.5. The van der Waals surface area contributed by atoms with Crippen LogP contribution in [0.25, 0.3) is 5.65 Å². The molecule has 0 aliphatic carbocycles. The molecular weight excluding hydrogens is 260 g/mol. The highest BCUT2D eigenvalue weighted by molar-refractivity contribution is 5.50. The van der Waals surface area contributed by atoms with Crippen LogP contribution in [0.2, 0.25) is 0 Å². The van der Waals surface area contributed by atoms with Gasteiger partial charge in [-0.05, 0) is 20.8 Å². The quantitative estimate of drug-likeness (QED) is 0.737. The smallest absolute Gasteiger partial charge is 0.349 e. The summed E-state index contributed by atoms with van der Waals surface area (Å²) in [7, 11) is 0. The van der Waals surface area contributed by atoms with Crippen molar-refractivity contribution in [3.63, 3.8) is 0 Å². The molecule has 0 atom stereocenters. The van der Waals surface area contributed by atoms with Gasteiger partial charge in [0.15, 0.2) is 5.65 Å². The number of nitrogens with zero attached hydrogens (tertiary/aromatic N) is 4. The number of fused-ring (bicyclic) bond motifs is 1. The molecule has 0 unspecified atom stereocenters. The Hall–Kier alpha value is -2.64. The number of aromatic nitrogens is 5. The second-order valence-electron chi connectivity index (χ2n) is 4.57. The van der Waals surface area contributed by atoms with Crippen molar-refractivity contribution >= 4 is 11.5 Å². The molecule has 0 spiro atoms. The van der Waals surface area contributed by atoms with Crippen molar-refractivity contribution in [2.45, 2.75) is 27.3 Å². The molecule has 8 nitrogen and oxygen atoms in total. The summed E-state index contributed by atoms with van der Waals surface area (Å²) >= 11 is 0. The second kappa shape index (κ2) is 4.48. The van der Waals surface area contributed by atoms with Crippen molar-refractivity contribution in [3.05, 3.63) is 39.4 Å². The molecule has 0 aromatic carbocycles. The van der Waals surface area contributed by atoms with Gasteiger partial charge in [-0.3, -0.25) is 0 Å². The largest absolute Gasteiger partial charge is 0.366 e. The van der Waals surface area contributed by atoms with Crippen LogP contribution in [0.5, 0.6) is 0 Å². The average Bonchev–Trinajstić information content (AvgIpc) is 2.92. The summed E-state index contributed by atoms with van der Waals surface area (Å²) < 4.78 is 6.53. The molecule has 3 rings (SSSR count). The molecule has 0 fully saturated rings. The summed E-state index contributed by atoms with van der Waals surface area (Å²) in [5.74, 6) is 2.00. The number of nitrogens with one attached hydrogen (secondary N) is 2. The lowest BCUT2D eigenvalue weighted by Gasteiger charge is -2.06. The lowest BCUT2D eigenvalue weighted by Crippen LogP contribution is -2.14. The van der Waals surface area contributed by atoms with Crippen molar-refractivity contribution < 1.29 is 4.52 Å². The molecular formula is C12H14N6O2. The first-order chi connectivity index (χ1) is 9.56. The molecule has 104 valence electrons. The summed E-state index contributed by atoms with van der Waals surface area (Å²) in [6, 6.07) is 1.71. The highest BCUT2D eigenvalue weighted by Crippen LogP contribution is 2.15. The predicted octanol–water partition coefficient (Wildman–Crippen LogP) is 0.943. The summed E-state index contributed by atoms with van der Waals surface area (Å²) in [4.78, 5) is 15.8. The summed E-state index contributed by atoms with van der Waals surface area (Å²) in [6.45, 7) is 6.07. The standard InChI is InChI=1S/C12H14N6O2/c1-6-9(7(2)20-17-6)5-13-10-4-11-15-16-12(19)18(11)8(3)14-10/h4,13H,5H2,1-3H3,(H,16,19). The van der Waals surface area contributed by atoms with E-state index in [1.165, 1.54) is 4.40 Å². The number of rotatable bonds is 3. The van der Waals surface area contributed by atoms with E-state index in [0.717, 1.165) is 17.0 Å². The highest BCUT2D eigenvalue weighted by Gasteiger charge is 2.10. The van der Waals surface area contributed by atoms with Gasteiger partial charge >= 0.3 is 5.69 Å². The molecule has 0 radical (unpaired) electrons. The Kier molecular flexibility index (Phi) is 2.78. The van der Waals surface area contributed by atoms with Crippen molar-refractivity contribution in [2.75, 3.05) is 5.32 Å². The first-order valence-electron chi connectivity index (χ1n) is 6.16. The van der Waals surface area contributed by atoms with Crippen LogP contribution >= 0.6 is 0 Å². The number of H-pyrrole nitrogens is 1. The van der Waals surface area contributed by atoms with Crippen LogP contribution in [0.15, 0.2) is 15.4 Å². The zero-order valence-electron chi connectivity index (χ0n) is 11.4. The molecule has 3 aromatic rings. The van der Waals surface area contributed by atoms with Gasteiger partial charge in [0.1, 0.15) is 17.4 Å². The van der Waals surface area contributed by atoms with Gasteiger partial charge in [0.25, 0.3) is 0 Å². The van der Waals surface area contributed by atoms with Gasteiger partial charge in [0.05, 0.1) is 5.69 Å². The number of hydrogen-bond acceptors (Lipinski definition) is 6. The molecule has 2 N–H and O–H groups in total. The SMILES string of the molecule is Cc1noc(C)c1CNc1cc2n[nH]c(=O)n2c(C)n1. The Morgan fingerprint density at radius 2 is 2.20 bits per heavy atom. The number of aryl methyl sites for hydroxylation is 3. The topological polar surface area (TPSA) is 101 Å². The summed E-state index contributed by atoms with van der Waals surface area (Å²) in [5.41, 5.74) is 2.10. The van der Waals surface area contributed by atoms with E-state index in [2.05, 4.69) is 25.7 Å². The van der Waals surface area contributed by atoms with Crippen LogP contribution in [0, 0.1) is 20.8 Å². The first-order valence-corrected chi connectivity index (χ1v) is 6.16. The van der Waals surface area contributed by atoms with Crippen molar-refractivity contribution in [1.82, 2.24) is 24.7 Å². The van der Waals surface area contributed by atoms with Gasteiger partial charge in [-0.2, -0.15) is 5.10 Å². The Balaban J connectivity index is 1.90. The predicted molar refractivity (Wildman–Crippen MR) is 71.6 cm³/mol. The lowest BCUT2D eigenvalue weighted by atomic mass is 10.2. The molecule has 20 heavy (non-hydrogen) atoms. The van der Waals surface area contributed by atoms with Gasteiger partial charge in [0.2, 0.25) is 0 Å².